The molecule has 0 saturated carbocycles. The third kappa shape index (κ3) is 5.10. The molecule has 0 spiro atoms. The summed E-state index contributed by atoms with van der Waals surface area (Å²) in [7, 11) is 3.16. The number of alkyl carbamates (subject to hydrolysis) is 1. The Morgan fingerprint density at radius 1 is 1.56 bits per heavy atom. The molecule has 0 aromatic heterocycles. The number of hydrogen-bond donors (Lipinski definition) is 2. The van der Waals surface area contributed by atoms with Gasteiger partial charge >= 0.3 is 6.09 Å². The summed E-state index contributed by atoms with van der Waals surface area (Å²) in [6, 6.07) is 0. The predicted molar refractivity (Wildman–Crippen MR) is 34.3 cm³/mol. The van der Waals surface area contributed by atoms with Gasteiger partial charge in [-0.15, -0.1) is 0 Å². The van der Waals surface area contributed by atoms with Crippen LogP contribution in [0.15, 0.2) is 0 Å². The van der Waals surface area contributed by atoms with Crippen molar-refractivity contribution < 1.29 is 9.53 Å². The number of carbonyl (C=O) groups is 1. The molecule has 9 heavy (non-hydrogen) atoms. The maximum absolute atomic E-state index is 10.3. The normalized spacial score (nSPS) is 8.67. The Hall–Kier alpha value is -0.770. The molecule has 0 fully saturated rings. The van der Waals surface area contributed by atoms with Crippen LogP contribution in [0.5, 0.6) is 0 Å². The third-order valence-electron chi connectivity index (χ3n) is 0.830. The van der Waals surface area contributed by atoms with Crippen molar-refractivity contribution in [2.45, 2.75) is 0 Å². The Balaban J connectivity index is 2.97. The van der Waals surface area contributed by atoms with Gasteiger partial charge in [0.2, 0.25) is 0 Å². The molecule has 4 nitrogen and oxygen atoms in total. The van der Waals surface area contributed by atoms with E-state index in [0.29, 0.717) is 6.54 Å². The summed E-state index contributed by atoms with van der Waals surface area (Å²) in [4.78, 5) is 10.3. The SMILES string of the molecule is CNCCNC(=O)OC. The number of likely N-dealkylation sites (N-methyl/N-ethyl adjacent to an activating group) is 1. The molecule has 0 aliphatic carbocycles. The van der Waals surface area contributed by atoms with E-state index in [4.69, 9.17) is 0 Å². The van der Waals surface area contributed by atoms with Crippen LogP contribution in [0.2, 0.25) is 0 Å². The van der Waals surface area contributed by atoms with Gasteiger partial charge < -0.3 is 15.4 Å². The van der Waals surface area contributed by atoms with Crippen molar-refractivity contribution in [1.82, 2.24) is 10.6 Å². The molecule has 0 aliphatic heterocycles. The Bertz CT molecular complexity index is 85.0. The van der Waals surface area contributed by atoms with E-state index in [0.717, 1.165) is 6.54 Å². The number of carbonyl (C=O) groups excluding carboxylic acids is 1. The summed E-state index contributed by atoms with van der Waals surface area (Å²) in [6.45, 7) is 1.36. The van der Waals surface area contributed by atoms with E-state index in [1.54, 1.807) is 0 Å². The van der Waals surface area contributed by atoms with Crippen LogP contribution in [-0.2, 0) is 4.74 Å². The van der Waals surface area contributed by atoms with E-state index < -0.39 is 0 Å². The average molecular weight is 132 g/mol. The largest absolute Gasteiger partial charge is 0.453 e. The summed E-state index contributed by atoms with van der Waals surface area (Å²) >= 11 is 0. The number of hydrogen-bond acceptors (Lipinski definition) is 3. The first kappa shape index (κ1) is 8.23. The fraction of sp³-hybridized carbons (Fsp3) is 0.800. The number of nitrogens with one attached hydrogen (secondary N) is 2. The molecule has 0 saturated heterocycles. The van der Waals surface area contributed by atoms with Crippen LogP contribution in [0.25, 0.3) is 0 Å². The Morgan fingerprint density at radius 3 is 2.67 bits per heavy atom. The summed E-state index contributed by atoms with van der Waals surface area (Å²) in [5, 5.41) is 5.39. The summed E-state index contributed by atoms with van der Waals surface area (Å²) < 4.78 is 4.32. The smallest absolute Gasteiger partial charge is 0.406 e. The van der Waals surface area contributed by atoms with Gasteiger partial charge in [0.05, 0.1) is 7.11 Å². The lowest BCUT2D eigenvalue weighted by Crippen LogP contribution is -2.30. The monoisotopic (exact) mass is 132 g/mol. The van der Waals surface area contributed by atoms with Crippen molar-refractivity contribution in [2.24, 2.45) is 0 Å². The second kappa shape index (κ2) is 5.37. The average Bonchev–Trinajstić information content (AvgIpc) is 1.89. The standard InChI is InChI=1S/C5H12N2O2/c1-6-3-4-7-5(8)9-2/h6H,3-4H2,1-2H3,(H,7,8). The molecule has 0 atom stereocenters. The molecule has 54 valence electrons. The van der Waals surface area contributed by atoms with Gasteiger partial charge in [0.25, 0.3) is 0 Å². The van der Waals surface area contributed by atoms with Crippen molar-refractivity contribution in [3.63, 3.8) is 0 Å². The van der Waals surface area contributed by atoms with Crippen LogP contribution in [-0.4, -0.2) is 33.3 Å². The zero-order chi connectivity index (χ0) is 7.11. The van der Waals surface area contributed by atoms with E-state index >= 15 is 0 Å². The maximum atomic E-state index is 10.3. The zero-order valence-electron chi connectivity index (χ0n) is 5.73. The molecular formula is C5H12N2O2. The minimum atomic E-state index is -0.384. The molecule has 2 N–H and O–H groups in total. The van der Waals surface area contributed by atoms with Crippen molar-refractivity contribution in [2.75, 3.05) is 27.2 Å². The van der Waals surface area contributed by atoms with Gasteiger partial charge in [0, 0.05) is 13.1 Å². The molecule has 0 rings (SSSR count). The van der Waals surface area contributed by atoms with Crippen LogP contribution in [0.1, 0.15) is 0 Å². The highest BCUT2D eigenvalue weighted by Gasteiger charge is 1.93. The number of rotatable bonds is 3. The Morgan fingerprint density at radius 2 is 2.22 bits per heavy atom. The fourth-order valence-electron chi connectivity index (χ4n) is 0.362. The zero-order valence-corrected chi connectivity index (χ0v) is 5.73. The molecule has 0 aromatic carbocycles. The Kier molecular flexibility index (Phi) is 4.91. The molecule has 4 heteroatoms. The second-order valence-electron chi connectivity index (χ2n) is 1.52. The van der Waals surface area contributed by atoms with Crippen LogP contribution in [0.3, 0.4) is 0 Å². The molecule has 0 bridgehead atoms. The van der Waals surface area contributed by atoms with Crippen molar-refractivity contribution in [1.29, 1.82) is 0 Å². The first-order chi connectivity index (χ1) is 4.31. The minimum absolute atomic E-state index is 0.384. The van der Waals surface area contributed by atoms with Gasteiger partial charge in [0.15, 0.2) is 0 Å². The van der Waals surface area contributed by atoms with Crippen molar-refractivity contribution >= 4 is 6.09 Å². The highest BCUT2D eigenvalue weighted by molar-refractivity contribution is 5.66. The predicted octanol–water partition coefficient (Wildman–Crippen LogP) is -0.438. The maximum Gasteiger partial charge on any atom is 0.406 e. The van der Waals surface area contributed by atoms with E-state index in [1.807, 2.05) is 7.05 Å². The molecular weight excluding hydrogens is 120 g/mol. The highest BCUT2D eigenvalue weighted by atomic mass is 16.5. The molecule has 0 radical (unpaired) electrons. The summed E-state index contributed by atoms with van der Waals surface area (Å²) in [5.74, 6) is 0. The van der Waals surface area contributed by atoms with Gasteiger partial charge in [-0.3, -0.25) is 0 Å². The van der Waals surface area contributed by atoms with Crippen LogP contribution in [0, 0.1) is 0 Å². The van der Waals surface area contributed by atoms with Gasteiger partial charge in [0.1, 0.15) is 0 Å². The summed E-state index contributed by atoms with van der Waals surface area (Å²) in [6.07, 6.45) is -0.384. The Labute approximate surface area is 54.6 Å². The lowest BCUT2D eigenvalue weighted by molar-refractivity contribution is 0.171. The quantitative estimate of drug-likeness (QED) is 0.512. The van der Waals surface area contributed by atoms with E-state index in [1.165, 1.54) is 7.11 Å². The molecule has 0 heterocycles. The first-order valence-corrected chi connectivity index (χ1v) is 2.77. The number of amides is 1. The van der Waals surface area contributed by atoms with Gasteiger partial charge in [-0.2, -0.15) is 0 Å². The second-order valence-corrected chi connectivity index (χ2v) is 1.52. The molecule has 0 aliphatic rings. The fourth-order valence-corrected chi connectivity index (χ4v) is 0.362. The lowest BCUT2D eigenvalue weighted by Gasteiger charge is -2.00. The van der Waals surface area contributed by atoms with Crippen molar-refractivity contribution in [3.8, 4) is 0 Å². The summed E-state index contributed by atoms with van der Waals surface area (Å²) in [5.41, 5.74) is 0. The van der Waals surface area contributed by atoms with Crippen LogP contribution >= 0.6 is 0 Å². The minimum Gasteiger partial charge on any atom is -0.453 e. The van der Waals surface area contributed by atoms with Crippen LogP contribution in [0.4, 0.5) is 4.79 Å². The lowest BCUT2D eigenvalue weighted by atomic mass is 10.6. The molecule has 1 amide bonds. The first-order valence-electron chi connectivity index (χ1n) is 2.77. The topological polar surface area (TPSA) is 50.4 Å². The van der Waals surface area contributed by atoms with Gasteiger partial charge in [-0.25, -0.2) is 4.79 Å². The third-order valence-corrected chi connectivity index (χ3v) is 0.830. The molecule has 0 unspecified atom stereocenters. The van der Waals surface area contributed by atoms with Crippen molar-refractivity contribution in [3.05, 3.63) is 0 Å². The van der Waals surface area contributed by atoms with Gasteiger partial charge in [-0.1, -0.05) is 0 Å². The number of methoxy groups -OCH3 is 1. The highest BCUT2D eigenvalue weighted by Crippen LogP contribution is 1.67. The van der Waals surface area contributed by atoms with E-state index in [9.17, 15) is 4.79 Å². The van der Waals surface area contributed by atoms with Crippen LogP contribution < -0.4 is 10.6 Å². The van der Waals surface area contributed by atoms with E-state index in [2.05, 4.69) is 15.4 Å². The van der Waals surface area contributed by atoms with Gasteiger partial charge in [-0.05, 0) is 7.05 Å². The number of ether oxygens (including phenoxy) is 1. The van der Waals surface area contributed by atoms with E-state index in [-0.39, 0.29) is 6.09 Å². The molecule has 0 aromatic rings.